The van der Waals surface area contributed by atoms with Gasteiger partial charge in [-0.25, -0.2) is 4.98 Å². The van der Waals surface area contributed by atoms with Crippen LogP contribution in [0.4, 0.5) is 0 Å². The Hall–Kier alpha value is -1.69. The first kappa shape index (κ1) is 17.4. The summed E-state index contributed by atoms with van der Waals surface area (Å²) in [6.45, 7) is 7.49. The van der Waals surface area contributed by atoms with Crippen LogP contribution in [0.5, 0.6) is 0 Å². The van der Waals surface area contributed by atoms with Gasteiger partial charge in [-0.2, -0.15) is 0 Å². The molecule has 1 aromatic rings. The molecule has 1 rings (SSSR count). The Kier molecular flexibility index (Phi) is 6.55. The summed E-state index contributed by atoms with van der Waals surface area (Å²) in [5.41, 5.74) is 1.01. The van der Waals surface area contributed by atoms with Crippen LogP contribution in [-0.4, -0.2) is 33.6 Å². The second kappa shape index (κ2) is 7.93. The standard InChI is InChI=1S/C15H25N3O3/c1-9(2)7-12(8-19)18-14(20)6-5-13-10(3)16-11(4)17-15(13)21/h9,12,19H,5-8H2,1-4H3,(H,18,20)(H,16,17,21). The third-order valence-electron chi connectivity index (χ3n) is 3.28. The number of amides is 1. The molecule has 1 unspecified atom stereocenters. The van der Waals surface area contributed by atoms with Gasteiger partial charge in [0.25, 0.3) is 5.56 Å². The number of aryl methyl sites for hydroxylation is 2. The SMILES string of the molecule is Cc1nc(C)c(CCC(=O)NC(CO)CC(C)C)c(=O)[nH]1. The molecule has 0 fully saturated rings. The first-order valence-electron chi connectivity index (χ1n) is 7.30. The van der Waals surface area contributed by atoms with Crippen molar-refractivity contribution in [2.75, 3.05) is 6.61 Å². The third kappa shape index (κ3) is 5.67. The van der Waals surface area contributed by atoms with Gasteiger partial charge in [-0.1, -0.05) is 13.8 Å². The molecule has 0 aromatic carbocycles. The molecule has 21 heavy (non-hydrogen) atoms. The van der Waals surface area contributed by atoms with Gasteiger partial charge in [-0.3, -0.25) is 9.59 Å². The molecule has 0 bridgehead atoms. The number of carbonyl (C=O) groups excluding carboxylic acids is 1. The number of nitrogens with zero attached hydrogens (tertiary/aromatic N) is 1. The zero-order valence-corrected chi connectivity index (χ0v) is 13.2. The van der Waals surface area contributed by atoms with Gasteiger partial charge in [0.1, 0.15) is 5.82 Å². The van der Waals surface area contributed by atoms with Crippen LogP contribution < -0.4 is 10.9 Å². The lowest BCUT2D eigenvalue weighted by Gasteiger charge is -2.18. The van der Waals surface area contributed by atoms with Crippen molar-refractivity contribution in [3.63, 3.8) is 0 Å². The van der Waals surface area contributed by atoms with E-state index in [0.29, 0.717) is 29.4 Å². The number of rotatable bonds is 7. The molecule has 6 nitrogen and oxygen atoms in total. The molecule has 1 atom stereocenters. The van der Waals surface area contributed by atoms with E-state index in [-0.39, 0.29) is 30.5 Å². The number of carbonyl (C=O) groups is 1. The van der Waals surface area contributed by atoms with Crippen molar-refractivity contribution in [3.05, 3.63) is 27.4 Å². The van der Waals surface area contributed by atoms with E-state index in [1.165, 1.54) is 0 Å². The quantitative estimate of drug-likeness (QED) is 0.694. The van der Waals surface area contributed by atoms with Crippen molar-refractivity contribution < 1.29 is 9.90 Å². The zero-order valence-electron chi connectivity index (χ0n) is 13.2. The number of H-pyrrole nitrogens is 1. The van der Waals surface area contributed by atoms with Crippen molar-refractivity contribution in [1.82, 2.24) is 15.3 Å². The molecule has 0 saturated carbocycles. The number of aromatic amines is 1. The van der Waals surface area contributed by atoms with Crippen LogP contribution in [-0.2, 0) is 11.2 Å². The Balaban J connectivity index is 2.59. The van der Waals surface area contributed by atoms with Crippen molar-refractivity contribution >= 4 is 5.91 Å². The number of aliphatic hydroxyl groups is 1. The number of aromatic nitrogens is 2. The van der Waals surface area contributed by atoms with E-state index in [1.807, 2.05) is 13.8 Å². The zero-order chi connectivity index (χ0) is 16.0. The minimum atomic E-state index is -0.229. The summed E-state index contributed by atoms with van der Waals surface area (Å²) in [6.07, 6.45) is 1.29. The largest absolute Gasteiger partial charge is 0.394 e. The van der Waals surface area contributed by atoms with Crippen LogP contribution in [0.15, 0.2) is 4.79 Å². The van der Waals surface area contributed by atoms with Crippen molar-refractivity contribution in [1.29, 1.82) is 0 Å². The molecule has 0 spiro atoms. The lowest BCUT2D eigenvalue weighted by molar-refractivity contribution is -0.122. The van der Waals surface area contributed by atoms with Crippen molar-refractivity contribution in [2.24, 2.45) is 5.92 Å². The van der Waals surface area contributed by atoms with Crippen molar-refractivity contribution in [3.8, 4) is 0 Å². The van der Waals surface area contributed by atoms with Gasteiger partial charge in [-0.15, -0.1) is 0 Å². The summed E-state index contributed by atoms with van der Waals surface area (Å²) >= 11 is 0. The Morgan fingerprint density at radius 2 is 2.05 bits per heavy atom. The molecule has 1 amide bonds. The maximum Gasteiger partial charge on any atom is 0.254 e. The summed E-state index contributed by atoms with van der Waals surface area (Å²) in [5, 5.41) is 12.0. The Morgan fingerprint density at radius 1 is 1.38 bits per heavy atom. The molecule has 118 valence electrons. The third-order valence-corrected chi connectivity index (χ3v) is 3.28. The average Bonchev–Trinajstić information content (AvgIpc) is 2.35. The van der Waals surface area contributed by atoms with Gasteiger partial charge in [0.2, 0.25) is 5.91 Å². The number of hydrogen-bond donors (Lipinski definition) is 3. The summed E-state index contributed by atoms with van der Waals surface area (Å²) < 4.78 is 0. The van der Waals surface area contributed by atoms with Crippen molar-refractivity contribution in [2.45, 2.75) is 53.0 Å². The monoisotopic (exact) mass is 295 g/mol. The van der Waals surface area contributed by atoms with Gasteiger partial charge < -0.3 is 15.4 Å². The molecule has 0 saturated heterocycles. The lowest BCUT2D eigenvalue weighted by atomic mass is 10.0. The molecule has 6 heteroatoms. The highest BCUT2D eigenvalue weighted by Crippen LogP contribution is 2.06. The topological polar surface area (TPSA) is 95.1 Å². The maximum atomic E-state index is 11.9. The second-order valence-electron chi connectivity index (χ2n) is 5.79. The highest BCUT2D eigenvalue weighted by Gasteiger charge is 2.14. The maximum absolute atomic E-state index is 11.9. The fourth-order valence-electron chi connectivity index (χ4n) is 2.33. The summed E-state index contributed by atoms with van der Waals surface area (Å²) in [7, 11) is 0. The summed E-state index contributed by atoms with van der Waals surface area (Å²) in [6, 6.07) is -0.229. The molecule has 1 heterocycles. The van der Waals surface area contributed by atoms with E-state index in [0.717, 1.165) is 6.42 Å². The van der Waals surface area contributed by atoms with Gasteiger partial charge >= 0.3 is 0 Å². The van der Waals surface area contributed by atoms with E-state index >= 15 is 0 Å². The molecule has 0 aliphatic heterocycles. The molecule has 1 aromatic heterocycles. The summed E-state index contributed by atoms with van der Waals surface area (Å²) in [4.78, 5) is 30.6. The van der Waals surface area contributed by atoms with E-state index in [4.69, 9.17) is 0 Å². The van der Waals surface area contributed by atoms with Crippen LogP contribution in [0.3, 0.4) is 0 Å². The average molecular weight is 295 g/mol. The van der Waals surface area contributed by atoms with E-state index in [9.17, 15) is 14.7 Å². The van der Waals surface area contributed by atoms with E-state index in [2.05, 4.69) is 15.3 Å². The number of hydrogen-bond acceptors (Lipinski definition) is 4. The van der Waals surface area contributed by atoms with Gasteiger partial charge in [0.05, 0.1) is 12.6 Å². The molecule has 0 radical (unpaired) electrons. The van der Waals surface area contributed by atoms with E-state index < -0.39 is 0 Å². The first-order chi connectivity index (χ1) is 9.83. The predicted octanol–water partition coefficient (Wildman–Crippen LogP) is 0.843. The molecular weight excluding hydrogens is 270 g/mol. The fraction of sp³-hybridized carbons (Fsp3) is 0.667. The highest BCUT2D eigenvalue weighted by molar-refractivity contribution is 5.76. The van der Waals surface area contributed by atoms with Crippen LogP contribution in [0.2, 0.25) is 0 Å². The predicted molar refractivity (Wildman–Crippen MR) is 81.1 cm³/mol. The minimum Gasteiger partial charge on any atom is -0.394 e. The highest BCUT2D eigenvalue weighted by atomic mass is 16.3. The van der Waals surface area contributed by atoms with Crippen LogP contribution >= 0.6 is 0 Å². The van der Waals surface area contributed by atoms with Gasteiger partial charge in [0, 0.05) is 17.7 Å². The first-order valence-corrected chi connectivity index (χ1v) is 7.30. The van der Waals surface area contributed by atoms with E-state index in [1.54, 1.807) is 13.8 Å². The Bertz CT molecular complexity index is 537. The summed E-state index contributed by atoms with van der Waals surface area (Å²) in [5.74, 6) is 0.811. The molecule has 3 N–H and O–H groups in total. The van der Waals surface area contributed by atoms with Gasteiger partial charge in [-0.05, 0) is 32.6 Å². The fourth-order valence-corrected chi connectivity index (χ4v) is 2.33. The molecule has 0 aliphatic rings. The Morgan fingerprint density at radius 3 is 2.57 bits per heavy atom. The lowest BCUT2D eigenvalue weighted by Crippen LogP contribution is -2.38. The van der Waals surface area contributed by atoms with Crippen LogP contribution in [0.25, 0.3) is 0 Å². The van der Waals surface area contributed by atoms with Crippen LogP contribution in [0.1, 0.15) is 43.8 Å². The molecular formula is C15H25N3O3. The number of aliphatic hydroxyl groups excluding tert-OH is 1. The normalized spacial score (nSPS) is 12.5. The smallest absolute Gasteiger partial charge is 0.254 e. The number of nitrogens with one attached hydrogen (secondary N) is 2. The second-order valence-corrected chi connectivity index (χ2v) is 5.79. The minimum absolute atomic E-state index is 0.0738. The Labute approximate surface area is 125 Å². The van der Waals surface area contributed by atoms with Crippen LogP contribution in [0, 0.1) is 19.8 Å². The molecule has 0 aliphatic carbocycles. The van der Waals surface area contributed by atoms with Gasteiger partial charge in [0.15, 0.2) is 0 Å².